The maximum absolute atomic E-state index is 12.8. The van der Waals surface area contributed by atoms with Gasteiger partial charge in [0.05, 0.1) is 0 Å². The summed E-state index contributed by atoms with van der Waals surface area (Å²) in [6.45, 7) is 5.33. The van der Waals surface area contributed by atoms with Crippen LogP contribution in [0.15, 0.2) is 24.3 Å². The number of rotatable bonds is 4. The maximum atomic E-state index is 12.8. The molecular formula is C19H26N2O3S. The van der Waals surface area contributed by atoms with Crippen LogP contribution in [-0.4, -0.2) is 64.5 Å². The smallest absolute Gasteiger partial charge is 0.325 e. The average Bonchev–Trinajstić information content (AvgIpc) is 2.63. The number of hydrogen-bond donors (Lipinski definition) is 1. The van der Waals surface area contributed by atoms with E-state index in [4.69, 9.17) is 0 Å². The molecule has 0 radical (unpaired) electrons. The number of piperidine rings is 1. The molecule has 1 aromatic rings. The van der Waals surface area contributed by atoms with Crippen molar-refractivity contribution in [1.82, 2.24) is 9.80 Å². The predicted molar refractivity (Wildman–Crippen MR) is 100 cm³/mol. The molecule has 1 aromatic carbocycles. The van der Waals surface area contributed by atoms with Gasteiger partial charge >= 0.3 is 5.97 Å². The van der Waals surface area contributed by atoms with E-state index in [1.807, 2.05) is 33.7 Å². The number of carboxylic acid groups (broad SMARTS) is 1. The third-order valence-electron chi connectivity index (χ3n) is 5.16. The SMILES string of the molecule is CC1CCN(C(=O)c2cccc([C@@H](C(=O)O)N3CCSCC3)c2)CC1. The van der Waals surface area contributed by atoms with E-state index in [2.05, 4.69) is 6.92 Å². The van der Waals surface area contributed by atoms with E-state index in [0.717, 1.165) is 50.5 Å². The Balaban J connectivity index is 1.79. The Morgan fingerprint density at radius 1 is 1.16 bits per heavy atom. The standard InChI is InChI=1S/C19H26N2O3S/c1-14-5-7-21(8-6-14)18(22)16-4-2-3-15(13-16)17(19(23)24)20-9-11-25-12-10-20/h2-4,13-14,17H,5-12H2,1H3,(H,23,24)/t17-/m0/s1. The van der Waals surface area contributed by atoms with Crippen molar-refractivity contribution < 1.29 is 14.7 Å². The van der Waals surface area contributed by atoms with Gasteiger partial charge in [0.25, 0.3) is 5.91 Å². The fourth-order valence-corrected chi connectivity index (χ4v) is 4.51. The average molecular weight is 362 g/mol. The topological polar surface area (TPSA) is 60.9 Å². The van der Waals surface area contributed by atoms with E-state index in [1.165, 1.54) is 0 Å². The van der Waals surface area contributed by atoms with Crippen LogP contribution >= 0.6 is 11.8 Å². The van der Waals surface area contributed by atoms with Crippen LogP contribution in [0.5, 0.6) is 0 Å². The molecule has 1 atom stereocenters. The Bertz CT molecular complexity index is 623. The summed E-state index contributed by atoms with van der Waals surface area (Å²) in [6.07, 6.45) is 2.07. The summed E-state index contributed by atoms with van der Waals surface area (Å²) in [5, 5.41) is 9.74. The molecule has 2 heterocycles. The van der Waals surface area contributed by atoms with Gasteiger partial charge in [0, 0.05) is 43.2 Å². The molecule has 25 heavy (non-hydrogen) atoms. The lowest BCUT2D eigenvalue weighted by molar-refractivity contribution is -0.143. The predicted octanol–water partition coefficient (Wildman–Crippen LogP) is 2.73. The normalized spacial score (nSPS) is 21.1. The molecule has 2 aliphatic heterocycles. The Kier molecular flexibility index (Phi) is 6.02. The molecule has 2 aliphatic rings. The molecule has 0 aliphatic carbocycles. The number of carboxylic acids is 1. The zero-order chi connectivity index (χ0) is 17.8. The molecule has 2 saturated heterocycles. The van der Waals surface area contributed by atoms with Crippen LogP contribution in [0.2, 0.25) is 0 Å². The van der Waals surface area contributed by atoms with Crippen molar-refractivity contribution in [3.63, 3.8) is 0 Å². The van der Waals surface area contributed by atoms with Crippen molar-refractivity contribution in [2.45, 2.75) is 25.8 Å². The second-order valence-corrected chi connectivity index (χ2v) is 8.21. The minimum absolute atomic E-state index is 0.0205. The van der Waals surface area contributed by atoms with Gasteiger partial charge in [-0.1, -0.05) is 19.1 Å². The van der Waals surface area contributed by atoms with Crippen molar-refractivity contribution in [3.8, 4) is 0 Å². The van der Waals surface area contributed by atoms with Gasteiger partial charge in [0.1, 0.15) is 6.04 Å². The van der Waals surface area contributed by atoms with Crippen molar-refractivity contribution in [3.05, 3.63) is 35.4 Å². The van der Waals surface area contributed by atoms with Crippen molar-refractivity contribution in [1.29, 1.82) is 0 Å². The van der Waals surface area contributed by atoms with Gasteiger partial charge in [0.15, 0.2) is 0 Å². The Morgan fingerprint density at radius 3 is 2.48 bits per heavy atom. The highest BCUT2D eigenvalue weighted by Gasteiger charge is 2.29. The van der Waals surface area contributed by atoms with Gasteiger partial charge in [-0.2, -0.15) is 11.8 Å². The highest BCUT2D eigenvalue weighted by atomic mass is 32.2. The molecule has 136 valence electrons. The third-order valence-corrected chi connectivity index (χ3v) is 6.11. The van der Waals surface area contributed by atoms with E-state index in [-0.39, 0.29) is 5.91 Å². The highest BCUT2D eigenvalue weighted by Crippen LogP contribution is 2.26. The number of aliphatic carboxylic acids is 1. The Morgan fingerprint density at radius 2 is 1.84 bits per heavy atom. The summed E-state index contributed by atoms with van der Waals surface area (Å²) >= 11 is 1.85. The molecule has 1 amide bonds. The Hall–Kier alpha value is -1.53. The summed E-state index contributed by atoms with van der Waals surface area (Å²) in [6, 6.07) is 6.55. The number of carbonyl (C=O) groups is 2. The first-order chi connectivity index (χ1) is 12.1. The van der Waals surface area contributed by atoms with Crippen LogP contribution in [-0.2, 0) is 4.79 Å². The molecule has 0 saturated carbocycles. The van der Waals surface area contributed by atoms with Gasteiger partial charge in [-0.3, -0.25) is 14.5 Å². The monoisotopic (exact) mass is 362 g/mol. The van der Waals surface area contributed by atoms with Crippen LogP contribution in [0.4, 0.5) is 0 Å². The van der Waals surface area contributed by atoms with E-state index >= 15 is 0 Å². The van der Waals surface area contributed by atoms with Crippen molar-refractivity contribution >= 4 is 23.6 Å². The minimum atomic E-state index is -0.844. The first kappa shape index (κ1) is 18.3. The quantitative estimate of drug-likeness (QED) is 0.892. The number of nitrogens with zero attached hydrogens (tertiary/aromatic N) is 2. The van der Waals surface area contributed by atoms with E-state index in [0.29, 0.717) is 17.0 Å². The molecule has 1 N–H and O–H groups in total. The summed E-state index contributed by atoms with van der Waals surface area (Å²) < 4.78 is 0. The second-order valence-electron chi connectivity index (χ2n) is 6.99. The number of carbonyl (C=O) groups excluding carboxylic acids is 1. The second kappa shape index (κ2) is 8.23. The molecule has 0 spiro atoms. The molecular weight excluding hydrogens is 336 g/mol. The number of benzene rings is 1. The van der Waals surface area contributed by atoms with E-state index in [1.54, 1.807) is 12.1 Å². The van der Waals surface area contributed by atoms with Crippen LogP contribution in [0.1, 0.15) is 41.7 Å². The molecule has 2 fully saturated rings. The lowest BCUT2D eigenvalue weighted by Gasteiger charge is -2.32. The molecule has 0 bridgehead atoms. The van der Waals surface area contributed by atoms with Gasteiger partial charge in [-0.25, -0.2) is 0 Å². The summed E-state index contributed by atoms with van der Waals surface area (Å²) in [4.78, 5) is 28.6. The lowest BCUT2D eigenvalue weighted by Crippen LogP contribution is -2.40. The van der Waals surface area contributed by atoms with Crippen LogP contribution < -0.4 is 0 Å². The molecule has 6 heteroatoms. The fraction of sp³-hybridized carbons (Fsp3) is 0.579. The molecule has 5 nitrogen and oxygen atoms in total. The van der Waals surface area contributed by atoms with Crippen LogP contribution in [0.25, 0.3) is 0 Å². The largest absolute Gasteiger partial charge is 0.480 e. The van der Waals surface area contributed by atoms with E-state index < -0.39 is 12.0 Å². The fourth-order valence-electron chi connectivity index (χ4n) is 3.58. The maximum Gasteiger partial charge on any atom is 0.325 e. The van der Waals surface area contributed by atoms with Gasteiger partial charge in [-0.15, -0.1) is 0 Å². The molecule has 3 rings (SSSR count). The Labute approximate surface area is 153 Å². The first-order valence-electron chi connectivity index (χ1n) is 9.00. The number of likely N-dealkylation sites (tertiary alicyclic amines) is 1. The van der Waals surface area contributed by atoms with Gasteiger partial charge in [0.2, 0.25) is 0 Å². The number of amides is 1. The van der Waals surface area contributed by atoms with E-state index in [9.17, 15) is 14.7 Å². The number of hydrogen-bond acceptors (Lipinski definition) is 4. The highest BCUT2D eigenvalue weighted by molar-refractivity contribution is 7.99. The van der Waals surface area contributed by atoms with Crippen molar-refractivity contribution in [2.75, 3.05) is 37.7 Å². The lowest BCUT2D eigenvalue weighted by atomic mass is 9.97. The van der Waals surface area contributed by atoms with Gasteiger partial charge in [-0.05, 0) is 36.5 Å². The summed E-state index contributed by atoms with van der Waals surface area (Å²) in [7, 11) is 0. The number of thioether (sulfide) groups is 1. The first-order valence-corrected chi connectivity index (χ1v) is 10.2. The van der Waals surface area contributed by atoms with Crippen LogP contribution in [0, 0.1) is 5.92 Å². The summed E-state index contributed by atoms with van der Waals surface area (Å²) in [5.41, 5.74) is 1.31. The third kappa shape index (κ3) is 4.36. The zero-order valence-corrected chi connectivity index (χ0v) is 15.5. The van der Waals surface area contributed by atoms with Gasteiger partial charge < -0.3 is 10.0 Å². The molecule has 0 aromatic heterocycles. The minimum Gasteiger partial charge on any atom is -0.480 e. The van der Waals surface area contributed by atoms with Crippen molar-refractivity contribution in [2.24, 2.45) is 5.92 Å². The summed E-state index contributed by atoms with van der Waals surface area (Å²) in [5.74, 6) is 1.75. The zero-order valence-electron chi connectivity index (χ0n) is 14.7. The molecule has 0 unspecified atom stereocenters. The van der Waals surface area contributed by atoms with Crippen LogP contribution in [0.3, 0.4) is 0 Å².